The number of benzene rings is 1. The molecule has 2 aromatic rings. The van der Waals surface area contributed by atoms with E-state index < -0.39 is 11.7 Å². The van der Waals surface area contributed by atoms with Crippen LogP contribution in [0.4, 0.5) is 19.0 Å². The zero-order valence-corrected chi connectivity index (χ0v) is 15.9. The van der Waals surface area contributed by atoms with Gasteiger partial charge in [-0.3, -0.25) is 4.90 Å². The second-order valence-electron chi connectivity index (χ2n) is 7.14. The monoisotopic (exact) mass is 401 g/mol. The highest BCUT2D eigenvalue weighted by Gasteiger charge is 2.34. The van der Waals surface area contributed by atoms with E-state index >= 15 is 0 Å². The topological polar surface area (TPSA) is 28.6 Å². The summed E-state index contributed by atoms with van der Waals surface area (Å²) in [6.45, 7) is 4.28. The maximum atomic E-state index is 13.6. The van der Waals surface area contributed by atoms with Crippen molar-refractivity contribution < 1.29 is 17.9 Å². The van der Waals surface area contributed by atoms with Crippen molar-refractivity contribution >= 4 is 29.1 Å². The summed E-state index contributed by atoms with van der Waals surface area (Å²) >= 11 is 0. The SMILES string of the molecule is COc1ccc2nc(N3CCN(CC4CC4)CC3)cc(C(F)(F)F)c2c1.Cl. The maximum absolute atomic E-state index is 13.6. The Morgan fingerprint density at radius 1 is 1.11 bits per heavy atom. The first-order valence-electron chi connectivity index (χ1n) is 8.97. The number of piperazine rings is 1. The minimum atomic E-state index is -4.43. The van der Waals surface area contributed by atoms with E-state index in [1.807, 2.05) is 4.90 Å². The van der Waals surface area contributed by atoms with Crippen molar-refractivity contribution in [3.8, 4) is 5.75 Å². The molecule has 1 saturated carbocycles. The van der Waals surface area contributed by atoms with Crippen molar-refractivity contribution in [2.45, 2.75) is 19.0 Å². The summed E-state index contributed by atoms with van der Waals surface area (Å²) in [6.07, 6.45) is -1.81. The van der Waals surface area contributed by atoms with Crippen molar-refractivity contribution in [1.29, 1.82) is 0 Å². The van der Waals surface area contributed by atoms with Crippen LogP contribution in [0.25, 0.3) is 10.9 Å². The standard InChI is InChI=1S/C19H22F3N3O.ClH/c1-26-14-4-5-17-15(10-14)16(19(20,21)22)11-18(23-17)25-8-6-24(7-9-25)12-13-2-3-13;/h4-5,10-11,13H,2-3,6-9,12H2,1H3;1H. The molecule has 0 bridgehead atoms. The Kier molecular flexibility index (Phi) is 5.72. The molecular formula is C19H23ClF3N3O. The fourth-order valence-corrected chi connectivity index (χ4v) is 3.54. The van der Waals surface area contributed by atoms with Crippen molar-refractivity contribution in [3.63, 3.8) is 0 Å². The van der Waals surface area contributed by atoms with Gasteiger partial charge in [0.05, 0.1) is 18.2 Å². The maximum Gasteiger partial charge on any atom is 0.417 e. The molecule has 0 amide bonds. The number of halogens is 4. The molecule has 2 heterocycles. The van der Waals surface area contributed by atoms with Gasteiger partial charge in [0.2, 0.25) is 0 Å². The molecule has 1 aromatic heterocycles. The van der Waals surface area contributed by atoms with Crippen LogP contribution in [-0.2, 0) is 6.18 Å². The van der Waals surface area contributed by atoms with Gasteiger partial charge in [-0.25, -0.2) is 4.98 Å². The van der Waals surface area contributed by atoms with Crippen LogP contribution in [0.5, 0.6) is 5.75 Å². The van der Waals surface area contributed by atoms with Gasteiger partial charge in [0.25, 0.3) is 0 Å². The van der Waals surface area contributed by atoms with E-state index in [0.717, 1.165) is 25.6 Å². The average Bonchev–Trinajstić information content (AvgIpc) is 3.44. The number of nitrogens with zero attached hydrogens (tertiary/aromatic N) is 3. The number of aromatic nitrogens is 1. The lowest BCUT2D eigenvalue weighted by Crippen LogP contribution is -2.47. The summed E-state index contributed by atoms with van der Waals surface area (Å²) in [5, 5.41) is 0.0768. The smallest absolute Gasteiger partial charge is 0.417 e. The Morgan fingerprint density at radius 3 is 2.41 bits per heavy atom. The van der Waals surface area contributed by atoms with Gasteiger partial charge in [-0.2, -0.15) is 13.2 Å². The third-order valence-electron chi connectivity index (χ3n) is 5.22. The molecule has 8 heteroatoms. The number of hydrogen-bond donors (Lipinski definition) is 0. The highest BCUT2D eigenvalue weighted by molar-refractivity contribution is 5.86. The lowest BCUT2D eigenvalue weighted by molar-refractivity contribution is -0.136. The van der Waals surface area contributed by atoms with Crippen LogP contribution in [-0.4, -0.2) is 49.7 Å². The molecule has 148 valence electrons. The summed E-state index contributed by atoms with van der Waals surface area (Å²) in [5.74, 6) is 1.62. The molecule has 1 aliphatic heterocycles. The number of hydrogen-bond acceptors (Lipinski definition) is 4. The molecule has 0 radical (unpaired) electrons. The summed E-state index contributed by atoms with van der Waals surface area (Å²) < 4.78 is 45.9. The van der Waals surface area contributed by atoms with Gasteiger partial charge in [0.15, 0.2) is 0 Å². The van der Waals surface area contributed by atoms with E-state index in [1.165, 1.54) is 32.1 Å². The number of alkyl halides is 3. The third-order valence-corrected chi connectivity index (χ3v) is 5.22. The van der Waals surface area contributed by atoms with Gasteiger partial charge in [0, 0.05) is 38.1 Å². The fourth-order valence-electron chi connectivity index (χ4n) is 3.54. The number of anilines is 1. The molecule has 1 aliphatic carbocycles. The first-order valence-corrected chi connectivity index (χ1v) is 8.97. The summed E-state index contributed by atoms with van der Waals surface area (Å²) in [4.78, 5) is 8.87. The lowest BCUT2D eigenvalue weighted by Gasteiger charge is -2.35. The van der Waals surface area contributed by atoms with Crippen LogP contribution in [0, 0.1) is 5.92 Å². The summed E-state index contributed by atoms with van der Waals surface area (Å²) in [5.41, 5.74) is -0.312. The molecule has 4 rings (SSSR count). The van der Waals surface area contributed by atoms with Gasteiger partial charge in [-0.1, -0.05) is 0 Å². The first kappa shape index (κ1) is 20.0. The molecule has 2 aliphatic rings. The highest BCUT2D eigenvalue weighted by atomic mass is 35.5. The number of rotatable bonds is 4. The summed E-state index contributed by atoms with van der Waals surface area (Å²) in [6, 6.07) is 5.82. The predicted octanol–water partition coefficient (Wildman–Crippen LogP) is 4.22. The minimum absolute atomic E-state index is 0. The molecule has 0 spiro atoms. The van der Waals surface area contributed by atoms with Gasteiger partial charge in [0.1, 0.15) is 11.6 Å². The molecular weight excluding hydrogens is 379 g/mol. The predicted molar refractivity (Wildman–Crippen MR) is 102 cm³/mol. The van der Waals surface area contributed by atoms with Crippen LogP contribution in [0.15, 0.2) is 24.3 Å². The largest absolute Gasteiger partial charge is 0.497 e. The summed E-state index contributed by atoms with van der Waals surface area (Å²) in [7, 11) is 1.44. The van der Waals surface area contributed by atoms with Crippen molar-refractivity contribution in [2.75, 3.05) is 44.7 Å². The molecule has 4 nitrogen and oxygen atoms in total. The Balaban J connectivity index is 0.00000210. The van der Waals surface area contributed by atoms with E-state index in [9.17, 15) is 13.2 Å². The molecule has 0 unspecified atom stereocenters. The van der Waals surface area contributed by atoms with Crippen LogP contribution >= 0.6 is 12.4 Å². The Hall–Kier alpha value is -1.73. The van der Waals surface area contributed by atoms with Gasteiger partial charge >= 0.3 is 6.18 Å². The zero-order valence-electron chi connectivity index (χ0n) is 15.1. The Morgan fingerprint density at radius 2 is 1.81 bits per heavy atom. The molecule has 27 heavy (non-hydrogen) atoms. The molecule has 2 fully saturated rings. The quantitative estimate of drug-likeness (QED) is 0.767. The number of fused-ring (bicyclic) bond motifs is 1. The van der Waals surface area contributed by atoms with E-state index in [2.05, 4.69) is 9.88 Å². The molecule has 1 saturated heterocycles. The average molecular weight is 402 g/mol. The van der Waals surface area contributed by atoms with Gasteiger partial charge in [-0.05, 0) is 43.0 Å². The number of ether oxygens (including phenoxy) is 1. The number of methoxy groups -OCH3 is 1. The van der Waals surface area contributed by atoms with Crippen LogP contribution < -0.4 is 9.64 Å². The minimum Gasteiger partial charge on any atom is -0.497 e. The van der Waals surface area contributed by atoms with Crippen molar-refractivity contribution in [2.24, 2.45) is 5.92 Å². The molecule has 1 aromatic carbocycles. The normalized spacial score (nSPS) is 18.4. The Labute approximate surface area is 162 Å². The van der Waals surface area contributed by atoms with Crippen LogP contribution in [0.1, 0.15) is 18.4 Å². The van der Waals surface area contributed by atoms with E-state index in [1.54, 1.807) is 12.1 Å². The van der Waals surface area contributed by atoms with Gasteiger partial charge < -0.3 is 9.64 Å². The lowest BCUT2D eigenvalue weighted by atomic mass is 10.1. The van der Waals surface area contributed by atoms with Gasteiger partial charge in [-0.15, -0.1) is 12.4 Å². The second kappa shape index (κ2) is 7.72. The number of pyridine rings is 1. The van der Waals surface area contributed by atoms with Crippen molar-refractivity contribution in [1.82, 2.24) is 9.88 Å². The first-order chi connectivity index (χ1) is 12.4. The fraction of sp³-hybridized carbons (Fsp3) is 0.526. The van der Waals surface area contributed by atoms with Crippen molar-refractivity contribution in [3.05, 3.63) is 29.8 Å². The van der Waals surface area contributed by atoms with E-state index in [-0.39, 0.29) is 17.8 Å². The molecule has 0 N–H and O–H groups in total. The third kappa shape index (κ3) is 4.41. The van der Waals surface area contributed by atoms with Crippen LogP contribution in [0.3, 0.4) is 0 Å². The van der Waals surface area contributed by atoms with E-state index in [0.29, 0.717) is 30.2 Å². The molecule has 0 atom stereocenters. The van der Waals surface area contributed by atoms with Crippen LogP contribution in [0.2, 0.25) is 0 Å². The van der Waals surface area contributed by atoms with E-state index in [4.69, 9.17) is 4.74 Å². The zero-order chi connectivity index (χ0) is 18.3. The second-order valence-corrected chi connectivity index (χ2v) is 7.14. The highest BCUT2D eigenvalue weighted by Crippen LogP contribution is 2.38. The Bertz CT molecular complexity index is 803.